The van der Waals surface area contributed by atoms with E-state index in [1.165, 1.54) is 180 Å². The molecule has 0 fully saturated rings. The van der Waals surface area contributed by atoms with Gasteiger partial charge < -0.3 is 14.2 Å². The van der Waals surface area contributed by atoms with Crippen molar-refractivity contribution in [1.29, 1.82) is 0 Å². The van der Waals surface area contributed by atoms with Crippen LogP contribution in [0.2, 0.25) is 0 Å². The molecule has 0 aliphatic heterocycles. The standard InChI is InChI=1S/C67H118O6/c1-4-7-10-13-15-17-19-21-23-25-27-29-30-31-32-33-34-35-36-38-39-41-43-45-47-49-51-54-57-60-66(69)72-63-64(62-71-65(68)59-56-53-12-9-6-3)73-67(70)61-58-55-52-50-48-46-44-42-40-37-28-26-24-22-20-18-16-14-11-8-5-2/h7,10,15,17,20-23,26-29,64H,4-6,8-9,11-14,16,18-19,24-25,30-63H2,1-3H3/b10-7-,17-15-,22-20-,23-21-,28-26-,29-27-. The van der Waals surface area contributed by atoms with E-state index in [4.69, 9.17) is 14.2 Å². The Labute approximate surface area is 453 Å². The molecule has 6 heteroatoms. The van der Waals surface area contributed by atoms with Crippen LogP contribution < -0.4 is 0 Å². The summed E-state index contributed by atoms with van der Waals surface area (Å²) in [7, 11) is 0. The number of allylic oxidation sites excluding steroid dienone is 12. The van der Waals surface area contributed by atoms with E-state index in [0.29, 0.717) is 19.3 Å². The topological polar surface area (TPSA) is 78.9 Å². The Bertz CT molecular complexity index is 1360. The maximum absolute atomic E-state index is 12.8. The number of hydrogen-bond acceptors (Lipinski definition) is 6. The number of carbonyl (C=O) groups is 3. The molecule has 1 unspecified atom stereocenters. The van der Waals surface area contributed by atoms with Gasteiger partial charge in [0.2, 0.25) is 0 Å². The number of ether oxygens (including phenoxy) is 3. The third-order valence-electron chi connectivity index (χ3n) is 13.7. The second-order valence-corrected chi connectivity index (χ2v) is 20.9. The Morgan fingerprint density at radius 3 is 0.836 bits per heavy atom. The number of esters is 3. The van der Waals surface area contributed by atoms with E-state index < -0.39 is 6.10 Å². The van der Waals surface area contributed by atoms with Gasteiger partial charge in [-0.1, -0.05) is 280 Å². The quantitative estimate of drug-likeness (QED) is 0.0261. The summed E-state index contributed by atoms with van der Waals surface area (Å²) in [6.07, 6.45) is 79.6. The number of hydrogen-bond donors (Lipinski definition) is 0. The van der Waals surface area contributed by atoms with Gasteiger partial charge in [0, 0.05) is 19.3 Å². The lowest BCUT2D eigenvalue weighted by molar-refractivity contribution is -0.167. The monoisotopic (exact) mass is 1020 g/mol. The molecule has 0 aliphatic rings. The number of rotatable bonds is 57. The van der Waals surface area contributed by atoms with E-state index in [9.17, 15) is 14.4 Å². The van der Waals surface area contributed by atoms with Crippen LogP contribution in [0.1, 0.15) is 316 Å². The molecule has 0 saturated carbocycles. The molecule has 0 rings (SSSR count). The highest BCUT2D eigenvalue weighted by Gasteiger charge is 2.19. The van der Waals surface area contributed by atoms with Crippen molar-refractivity contribution in [2.45, 2.75) is 322 Å². The summed E-state index contributed by atoms with van der Waals surface area (Å²) >= 11 is 0. The Morgan fingerprint density at radius 2 is 0.534 bits per heavy atom. The predicted molar refractivity (Wildman–Crippen MR) is 316 cm³/mol. The van der Waals surface area contributed by atoms with Crippen molar-refractivity contribution >= 4 is 17.9 Å². The summed E-state index contributed by atoms with van der Waals surface area (Å²) in [5, 5.41) is 0. The second-order valence-electron chi connectivity index (χ2n) is 20.9. The lowest BCUT2D eigenvalue weighted by Gasteiger charge is -2.18. The zero-order chi connectivity index (χ0) is 52.9. The lowest BCUT2D eigenvalue weighted by atomic mass is 10.0. The van der Waals surface area contributed by atoms with Crippen molar-refractivity contribution in [2.75, 3.05) is 13.2 Å². The highest BCUT2D eigenvalue weighted by atomic mass is 16.6. The van der Waals surface area contributed by atoms with Gasteiger partial charge in [0.25, 0.3) is 0 Å². The number of carbonyl (C=O) groups excluding carboxylic acids is 3. The normalized spacial score (nSPS) is 12.5. The van der Waals surface area contributed by atoms with Gasteiger partial charge in [0.15, 0.2) is 6.10 Å². The molecule has 0 N–H and O–H groups in total. The molecular formula is C67H118O6. The van der Waals surface area contributed by atoms with Crippen molar-refractivity contribution in [1.82, 2.24) is 0 Å². The molecule has 0 heterocycles. The van der Waals surface area contributed by atoms with Crippen molar-refractivity contribution in [2.24, 2.45) is 0 Å². The largest absolute Gasteiger partial charge is 0.462 e. The average molecular weight is 1020 g/mol. The van der Waals surface area contributed by atoms with Gasteiger partial charge in [0.1, 0.15) is 13.2 Å². The van der Waals surface area contributed by atoms with E-state index in [2.05, 4.69) is 93.7 Å². The van der Waals surface area contributed by atoms with E-state index in [0.717, 1.165) is 96.3 Å². The van der Waals surface area contributed by atoms with Gasteiger partial charge in [-0.2, -0.15) is 0 Å². The van der Waals surface area contributed by atoms with E-state index >= 15 is 0 Å². The minimum absolute atomic E-state index is 0.0744. The molecule has 0 amide bonds. The fourth-order valence-electron chi connectivity index (χ4n) is 9.00. The van der Waals surface area contributed by atoms with Crippen molar-refractivity contribution in [3.05, 3.63) is 72.9 Å². The zero-order valence-electron chi connectivity index (χ0n) is 48.4. The highest BCUT2D eigenvalue weighted by Crippen LogP contribution is 2.17. The highest BCUT2D eigenvalue weighted by molar-refractivity contribution is 5.71. The summed E-state index contributed by atoms with van der Waals surface area (Å²) in [5.41, 5.74) is 0. The molecule has 1 atom stereocenters. The molecule has 6 nitrogen and oxygen atoms in total. The molecule has 0 radical (unpaired) electrons. The van der Waals surface area contributed by atoms with Crippen LogP contribution in [0.5, 0.6) is 0 Å². The van der Waals surface area contributed by atoms with Crippen LogP contribution in [-0.2, 0) is 28.6 Å². The van der Waals surface area contributed by atoms with Crippen LogP contribution in [-0.4, -0.2) is 37.2 Å². The Hall–Kier alpha value is -3.15. The summed E-state index contributed by atoms with van der Waals surface area (Å²) in [6, 6.07) is 0. The molecule has 422 valence electrons. The SMILES string of the molecule is CC/C=C\C/C=C\C/C=C\C/C=C\CCCCCCCCCCCCCCCCCCC(=O)OCC(COC(=O)CCCCCCC)OC(=O)CCCCCCCCCCC/C=C\C/C=C\CCCCCCC. The first kappa shape index (κ1) is 69.8. The molecule has 73 heavy (non-hydrogen) atoms. The summed E-state index contributed by atoms with van der Waals surface area (Å²) in [4.78, 5) is 37.9. The van der Waals surface area contributed by atoms with E-state index in [1.807, 2.05) is 0 Å². The number of unbranched alkanes of at least 4 members (excludes halogenated alkanes) is 34. The van der Waals surface area contributed by atoms with Crippen molar-refractivity contribution in [3.63, 3.8) is 0 Å². The van der Waals surface area contributed by atoms with Gasteiger partial charge in [-0.25, -0.2) is 0 Å². The van der Waals surface area contributed by atoms with Gasteiger partial charge in [-0.05, 0) is 89.9 Å². The first-order chi connectivity index (χ1) is 36.0. The molecule has 0 aliphatic carbocycles. The van der Waals surface area contributed by atoms with Crippen molar-refractivity contribution in [3.8, 4) is 0 Å². The third kappa shape index (κ3) is 59.6. The maximum Gasteiger partial charge on any atom is 0.306 e. The molecule has 0 spiro atoms. The van der Waals surface area contributed by atoms with Crippen LogP contribution in [0, 0.1) is 0 Å². The molecule has 0 saturated heterocycles. The van der Waals surface area contributed by atoms with E-state index in [1.54, 1.807) is 0 Å². The Balaban J connectivity index is 4.01. The second kappa shape index (κ2) is 61.4. The third-order valence-corrected chi connectivity index (χ3v) is 13.7. The fraction of sp³-hybridized carbons (Fsp3) is 0.776. The average Bonchev–Trinajstić information content (AvgIpc) is 3.39. The van der Waals surface area contributed by atoms with Crippen LogP contribution in [0.25, 0.3) is 0 Å². The smallest absolute Gasteiger partial charge is 0.306 e. The van der Waals surface area contributed by atoms with Crippen LogP contribution >= 0.6 is 0 Å². The van der Waals surface area contributed by atoms with Gasteiger partial charge in [-0.3, -0.25) is 14.4 Å². The van der Waals surface area contributed by atoms with E-state index in [-0.39, 0.29) is 31.1 Å². The molecule has 0 aromatic carbocycles. The van der Waals surface area contributed by atoms with Gasteiger partial charge in [0.05, 0.1) is 0 Å². The minimum atomic E-state index is -0.773. The Morgan fingerprint density at radius 1 is 0.288 bits per heavy atom. The Kier molecular flexibility index (Phi) is 58.7. The predicted octanol–water partition coefficient (Wildman–Crippen LogP) is 21.3. The molecule has 0 aromatic heterocycles. The van der Waals surface area contributed by atoms with Crippen LogP contribution in [0.15, 0.2) is 72.9 Å². The lowest BCUT2D eigenvalue weighted by Crippen LogP contribution is -2.30. The van der Waals surface area contributed by atoms with Crippen LogP contribution in [0.4, 0.5) is 0 Å². The zero-order valence-corrected chi connectivity index (χ0v) is 48.4. The van der Waals surface area contributed by atoms with Gasteiger partial charge in [-0.15, -0.1) is 0 Å². The van der Waals surface area contributed by atoms with Crippen molar-refractivity contribution < 1.29 is 28.6 Å². The summed E-state index contributed by atoms with van der Waals surface area (Å²) in [6.45, 7) is 6.46. The first-order valence-corrected chi connectivity index (χ1v) is 31.4. The van der Waals surface area contributed by atoms with Crippen LogP contribution in [0.3, 0.4) is 0 Å². The first-order valence-electron chi connectivity index (χ1n) is 31.4. The molecular weight excluding hydrogens is 901 g/mol. The fourth-order valence-corrected chi connectivity index (χ4v) is 9.00. The summed E-state index contributed by atoms with van der Waals surface area (Å²) in [5.74, 6) is -0.880. The molecule has 0 aromatic rings. The molecule has 0 bridgehead atoms. The maximum atomic E-state index is 12.8. The minimum Gasteiger partial charge on any atom is -0.462 e. The summed E-state index contributed by atoms with van der Waals surface area (Å²) < 4.78 is 16.8. The van der Waals surface area contributed by atoms with Gasteiger partial charge >= 0.3 is 17.9 Å².